The van der Waals surface area contributed by atoms with Crippen molar-refractivity contribution in [1.82, 2.24) is 4.90 Å². The van der Waals surface area contributed by atoms with Crippen molar-refractivity contribution in [2.24, 2.45) is 0 Å². The molecule has 0 aromatic heterocycles. The van der Waals surface area contributed by atoms with E-state index in [1.807, 2.05) is 25.1 Å². The van der Waals surface area contributed by atoms with Crippen LogP contribution in [0.1, 0.15) is 18.9 Å². The first-order chi connectivity index (χ1) is 7.57. The van der Waals surface area contributed by atoms with E-state index >= 15 is 0 Å². The Labute approximate surface area is 96.9 Å². The van der Waals surface area contributed by atoms with Crippen molar-refractivity contribution in [3.05, 3.63) is 29.8 Å². The fourth-order valence-corrected chi connectivity index (χ4v) is 2.27. The number of rotatable bonds is 3. The van der Waals surface area contributed by atoms with Crippen LogP contribution in [0.2, 0.25) is 0 Å². The van der Waals surface area contributed by atoms with Gasteiger partial charge in [0.05, 0.1) is 5.60 Å². The molecule has 3 heteroatoms. The van der Waals surface area contributed by atoms with Crippen LogP contribution in [0.15, 0.2) is 24.3 Å². The van der Waals surface area contributed by atoms with Gasteiger partial charge < -0.3 is 15.7 Å². The highest BCUT2D eigenvalue weighted by atomic mass is 16.3. The Kier molecular flexibility index (Phi) is 3.17. The average Bonchev–Trinajstić information content (AvgIpc) is 2.57. The van der Waals surface area contributed by atoms with Crippen molar-refractivity contribution in [2.75, 3.05) is 25.4 Å². The van der Waals surface area contributed by atoms with Gasteiger partial charge in [-0.25, -0.2) is 0 Å². The summed E-state index contributed by atoms with van der Waals surface area (Å²) in [6, 6.07) is 7.99. The zero-order valence-electron chi connectivity index (χ0n) is 9.82. The van der Waals surface area contributed by atoms with Gasteiger partial charge in [-0.05, 0) is 31.4 Å². The molecule has 1 atom stereocenters. The van der Waals surface area contributed by atoms with Gasteiger partial charge in [0.25, 0.3) is 0 Å². The number of benzene rings is 1. The minimum Gasteiger partial charge on any atom is -0.399 e. The number of aliphatic hydroxyl groups is 1. The van der Waals surface area contributed by atoms with E-state index in [9.17, 15) is 5.11 Å². The number of hydrogen-bond acceptors (Lipinski definition) is 3. The van der Waals surface area contributed by atoms with E-state index in [1.54, 1.807) is 0 Å². The Morgan fingerprint density at radius 3 is 2.81 bits per heavy atom. The molecule has 1 heterocycles. The Morgan fingerprint density at radius 2 is 2.19 bits per heavy atom. The van der Waals surface area contributed by atoms with Crippen LogP contribution in [-0.4, -0.2) is 35.2 Å². The molecule has 1 unspecified atom stereocenters. The number of anilines is 1. The molecule has 0 bridgehead atoms. The number of nitrogens with two attached hydrogens (primary N) is 1. The topological polar surface area (TPSA) is 49.5 Å². The van der Waals surface area contributed by atoms with Crippen LogP contribution in [0.5, 0.6) is 0 Å². The Morgan fingerprint density at radius 1 is 1.44 bits per heavy atom. The molecular formula is C13H20N2O. The largest absolute Gasteiger partial charge is 0.399 e. The molecular weight excluding hydrogens is 200 g/mol. The van der Waals surface area contributed by atoms with Crippen LogP contribution in [0.25, 0.3) is 0 Å². The molecule has 88 valence electrons. The molecule has 1 aromatic rings. The lowest BCUT2D eigenvalue weighted by Gasteiger charge is -2.18. The summed E-state index contributed by atoms with van der Waals surface area (Å²) in [5.74, 6) is 0. The van der Waals surface area contributed by atoms with E-state index in [2.05, 4.69) is 11.0 Å². The number of nitrogen functional groups attached to an aromatic ring is 1. The predicted molar refractivity (Wildman–Crippen MR) is 66.2 cm³/mol. The highest BCUT2D eigenvalue weighted by molar-refractivity contribution is 5.46. The minimum absolute atomic E-state index is 0.498. The summed E-state index contributed by atoms with van der Waals surface area (Å²) in [7, 11) is 0. The molecule has 3 nitrogen and oxygen atoms in total. The third-order valence-electron chi connectivity index (χ3n) is 3.28. The van der Waals surface area contributed by atoms with Gasteiger partial charge in [0.2, 0.25) is 0 Å². The molecule has 3 N–H and O–H groups in total. The van der Waals surface area contributed by atoms with E-state index in [4.69, 9.17) is 5.73 Å². The smallest absolute Gasteiger partial charge is 0.0758 e. The first-order valence-corrected chi connectivity index (χ1v) is 5.85. The van der Waals surface area contributed by atoms with Crippen LogP contribution in [-0.2, 0) is 6.42 Å². The summed E-state index contributed by atoms with van der Waals surface area (Å²) >= 11 is 0. The zero-order valence-corrected chi connectivity index (χ0v) is 9.82. The Balaban J connectivity index is 1.87. The van der Waals surface area contributed by atoms with E-state index in [0.29, 0.717) is 0 Å². The van der Waals surface area contributed by atoms with Gasteiger partial charge in [-0.3, -0.25) is 0 Å². The van der Waals surface area contributed by atoms with Crippen molar-refractivity contribution in [2.45, 2.75) is 25.4 Å². The van der Waals surface area contributed by atoms with E-state index < -0.39 is 5.60 Å². The van der Waals surface area contributed by atoms with Gasteiger partial charge >= 0.3 is 0 Å². The quantitative estimate of drug-likeness (QED) is 0.754. The number of para-hydroxylation sites is 1. The fraction of sp³-hybridized carbons (Fsp3) is 0.538. The highest BCUT2D eigenvalue weighted by Gasteiger charge is 2.30. The zero-order chi connectivity index (χ0) is 11.6. The summed E-state index contributed by atoms with van der Waals surface area (Å²) in [6.07, 6.45) is 1.83. The third-order valence-corrected chi connectivity index (χ3v) is 3.28. The first-order valence-electron chi connectivity index (χ1n) is 5.85. The van der Waals surface area contributed by atoms with Crippen LogP contribution in [0.4, 0.5) is 5.69 Å². The second-order valence-electron chi connectivity index (χ2n) is 4.97. The normalized spacial score (nSPS) is 26.1. The molecule has 1 saturated heterocycles. The second kappa shape index (κ2) is 4.44. The number of hydrogen-bond donors (Lipinski definition) is 2. The van der Waals surface area contributed by atoms with Crippen LogP contribution in [0, 0.1) is 0 Å². The summed E-state index contributed by atoms with van der Waals surface area (Å²) in [5.41, 5.74) is 7.46. The van der Waals surface area contributed by atoms with Crippen molar-refractivity contribution in [3.63, 3.8) is 0 Å². The average molecular weight is 220 g/mol. The number of β-amino-alcohol motifs (C(OH)–C–C–N with tert-alkyl or cyclic N) is 1. The Hall–Kier alpha value is -1.06. The van der Waals surface area contributed by atoms with Gasteiger partial charge in [0.15, 0.2) is 0 Å². The Bertz CT molecular complexity index is 363. The maximum Gasteiger partial charge on any atom is 0.0758 e. The highest BCUT2D eigenvalue weighted by Crippen LogP contribution is 2.21. The maximum atomic E-state index is 9.85. The van der Waals surface area contributed by atoms with E-state index in [1.165, 1.54) is 5.56 Å². The van der Waals surface area contributed by atoms with Gasteiger partial charge in [-0.15, -0.1) is 0 Å². The van der Waals surface area contributed by atoms with Crippen LogP contribution < -0.4 is 5.73 Å². The lowest BCUT2D eigenvalue weighted by molar-refractivity contribution is 0.0690. The first kappa shape index (κ1) is 11.4. The van der Waals surface area contributed by atoms with E-state index in [-0.39, 0.29) is 0 Å². The number of nitrogens with zero attached hydrogens (tertiary/aromatic N) is 1. The van der Waals surface area contributed by atoms with E-state index in [0.717, 1.165) is 38.2 Å². The summed E-state index contributed by atoms with van der Waals surface area (Å²) in [6.45, 7) is 4.65. The monoisotopic (exact) mass is 220 g/mol. The maximum absolute atomic E-state index is 9.85. The molecule has 2 rings (SSSR count). The van der Waals surface area contributed by atoms with Crippen molar-refractivity contribution < 1.29 is 5.11 Å². The van der Waals surface area contributed by atoms with Crippen molar-refractivity contribution in [1.29, 1.82) is 0 Å². The predicted octanol–water partition coefficient (Wildman–Crippen LogP) is 1.27. The summed E-state index contributed by atoms with van der Waals surface area (Å²) < 4.78 is 0. The van der Waals surface area contributed by atoms with Gasteiger partial charge in [0, 0.05) is 25.3 Å². The molecule has 0 spiro atoms. The van der Waals surface area contributed by atoms with Gasteiger partial charge in [-0.2, -0.15) is 0 Å². The fourth-order valence-electron chi connectivity index (χ4n) is 2.27. The SMILES string of the molecule is CC1(O)CCN(CCc2ccccc2N)C1. The molecule has 0 amide bonds. The van der Waals surface area contributed by atoms with Gasteiger partial charge in [0.1, 0.15) is 0 Å². The number of likely N-dealkylation sites (tertiary alicyclic amines) is 1. The van der Waals surface area contributed by atoms with Crippen molar-refractivity contribution in [3.8, 4) is 0 Å². The second-order valence-corrected chi connectivity index (χ2v) is 4.97. The van der Waals surface area contributed by atoms with Crippen LogP contribution in [0.3, 0.4) is 0 Å². The minimum atomic E-state index is -0.498. The summed E-state index contributed by atoms with van der Waals surface area (Å²) in [5, 5.41) is 9.85. The molecule has 1 aliphatic heterocycles. The summed E-state index contributed by atoms with van der Waals surface area (Å²) in [4.78, 5) is 2.30. The van der Waals surface area contributed by atoms with Crippen molar-refractivity contribution >= 4 is 5.69 Å². The molecule has 1 aliphatic rings. The third kappa shape index (κ3) is 2.74. The standard InChI is InChI=1S/C13H20N2O/c1-13(16)7-9-15(10-13)8-6-11-4-2-3-5-12(11)14/h2-5,16H,6-10,14H2,1H3. The molecule has 1 aromatic carbocycles. The molecule has 16 heavy (non-hydrogen) atoms. The van der Waals surface area contributed by atoms with Crippen LogP contribution >= 0.6 is 0 Å². The molecule has 0 saturated carbocycles. The molecule has 0 aliphatic carbocycles. The molecule has 0 radical (unpaired) electrons. The lowest BCUT2D eigenvalue weighted by atomic mass is 10.1. The van der Waals surface area contributed by atoms with Gasteiger partial charge in [-0.1, -0.05) is 18.2 Å². The lowest BCUT2D eigenvalue weighted by Crippen LogP contribution is -2.30. The molecule has 1 fully saturated rings.